The number of benzene rings is 2. The number of ketones is 1. The Bertz CT molecular complexity index is 2270. The van der Waals surface area contributed by atoms with Gasteiger partial charge in [-0.15, -0.1) is 0 Å². The number of nitrogens with zero attached hydrogens (tertiary/aromatic N) is 4. The fraction of sp³-hybridized carbons (Fsp3) is 0.477. The molecule has 7 atom stereocenters. The Labute approximate surface area is 353 Å². The average Bonchev–Trinajstić information content (AvgIpc) is 3.88. The van der Waals surface area contributed by atoms with Crippen molar-refractivity contribution >= 4 is 37.2 Å². The Morgan fingerprint density at radius 1 is 0.667 bits per heavy atom. The van der Waals surface area contributed by atoms with Crippen LogP contribution < -0.4 is 9.44 Å². The van der Waals surface area contributed by atoms with Crippen molar-refractivity contribution in [3.8, 4) is 0 Å². The first kappa shape index (κ1) is 43.8. The summed E-state index contributed by atoms with van der Waals surface area (Å²) < 4.78 is 49.8. The minimum atomic E-state index is -3.37. The number of pyridine rings is 2. The summed E-state index contributed by atoms with van der Waals surface area (Å²) in [6.07, 6.45) is 8.68. The van der Waals surface area contributed by atoms with Gasteiger partial charge < -0.3 is 15.3 Å². The largest absolute Gasteiger partial charge is 0.390 e. The van der Waals surface area contributed by atoms with Crippen LogP contribution in [0, 0.1) is 23.7 Å². The fourth-order valence-electron chi connectivity index (χ4n) is 9.97. The van der Waals surface area contributed by atoms with Gasteiger partial charge in [0, 0.05) is 45.6 Å². The van der Waals surface area contributed by atoms with E-state index in [0.29, 0.717) is 65.8 Å². The van der Waals surface area contributed by atoms with E-state index in [2.05, 4.69) is 53.5 Å². The van der Waals surface area contributed by atoms with Crippen molar-refractivity contribution in [1.29, 1.82) is 0 Å². The highest BCUT2D eigenvalue weighted by atomic mass is 32.2. The van der Waals surface area contributed by atoms with E-state index in [9.17, 15) is 36.9 Å². The molecule has 322 valence electrons. The molecular weight excluding hydrogens is 805 g/mol. The van der Waals surface area contributed by atoms with E-state index in [1.165, 1.54) is 18.0 Å². The number of aliphatic hydroxyl groups excluding tert-OH is 1. The zero-order chi connectivity index (χ0) is 42.7. The number of carbonyl (C=O) groups is 1. The molecule has 2 aromatic carbocycles. The van der Waals surface area contributed by atoms with Crippen LogP contribution in [0.5, 0.6) is 0 Å². The van der Waals surface area contributed by atoms with E-state index in [1.54, 1.807) is 24.3 Å². The lowest BCUT2D eigenvalue weighted by Gasteiger charge is -2.27. The van der Waals surface area contributed by atoms with Gasteiger partial charge in [-0.05, 0) is 84.7 Å². The highest BCUT2D eigenvalue weighted by molar-refractivity contribution is 7.92. The Kier molecular flexibility index (Phi) is 13.1. The Morgan fingerprint density at radius 3 is 1.50 bits per heavy atom. The van der Waals surface area contributed by atoms with Gasteiger partial charge in [0.15, 0.2) is 5.78 Å². The molecule has 0 radical (unpaired) electrons. The van der Waals surface area contributed by atoms with Gasteiger partial charge in [0.25, 0.3) is 0 Å². The number of hydrogen-bond donors (Lipinski definition) is 5. The molecule has 16 heteroatoms. The second-order valence-electron chi connectivity index (χ2n) is 17.6. The van der Waals surface area contributed by atoms with Gasteiger partial charge in [0.1, 0.15) is 11.8 Å². The predicted molar refractivity (Wildman–Crippen MR) is 230 cm³/mol. The number of aliphatic hydroxyl groups is 3. The van der Waals surface area contributed by atoms with Crippen LogP contribution in [-0.2, 0) is 32.9 Å². The second-order valence-corrected chi connectivity index (χ2v) is 21.1. The van der Waals surface area contributed by atoms with E-state index in [1.807, 2.05) is 36.4 Å². The van der Waals surface area contributed by atoms with E-state index >= 15 is 0 Å². The molecule has 0 spiro atoms. The summed E-state index contributed by atoms with van der Waals surface area (Å²) in [5.74, 6) is 1.61. The quantitative estimate of drug-likeness (QED) is 0.115. The summed E-state index contributed by atoms with van der Waals surface area (Å²) in [7, 11) is -6.72. The van der Waals surface area contributed by atoms with Crippen molar-refractivity contribution < 1.29 is 36.9 Å². The lowest BCUT2D eigenvalue weighted by Crippen LogP contribution is -2.34. The van der Waals surface area contributed by atoms with Gasteiger partial charge in [0.05, 0.1) is 59.7 Å². The number of carbonyl (C=O) groups excluding carboxylic acids is 1. The molecule has 2 saturated heterocycles. The molecule has 2 saturated carbocycles. The highest BCUT2D eigenvalue weighted by Gasteiger charge is 2.49. The van der Waals surface area contributed by atoms with Gasteiger partial charge in [-0.3, -0.25) is 34.0 Å². The van der Waals surface area contributed by atoms with Crippen LogP contribution >= 0.6 is 0 Å². The predicted octanol–water partition coefficient (Wildman–Crippen LogP) is 3.75. The normalized spacial score (nSPS) is 27.1. The van der Waals surface area contributed by atoms with Gasteiger partial charge in [-0.1, -0.05) is 60.7 Å². The molecule has 4 aliphatic rings. The molecular formula is C44H56N6O8S2. The maximum absolute atomic E-state index is 12.6. The molecule has 2 aliphatic heterocycles. The third-order valence-corrected chi connectivity index (χ3v) is 13.4. The summed E-state index contributed by atoms with van der Waals surface area (Å²) in [6.45, 7) is 4.12. The van der Waals surface area contributed by atoms with E-state index in [-0.39, 0.29) is 12.3 Å². The van der Waals surface area contributed by atoms with Gasteiger partial charge in [-0.2, -0.15) is 0 Å². The Balaban J connectivity index is 0.000000181. The minimum Gasteiger partial charge on any atom is -0.390 e. The maximum atomic E-state index is 12.6. The fourth-order valence-corrected chi connectivity index (χ4v) is 11.1. The van der Waals surface area contributed by atoms with Crippen molar-refractivity contribution in [2.24, 2.45) is 23.7 Å². The monoisotopic (exact) mass is 860 g/mol. The zero-order valence-electron chi connectivity index (χ0n) is 34.1. The van der Waals surface area contributed by atoms with Crippen LogP contribution in [0.4, 0.5) is 11.4 Å². The molecule has 2 aromatic heterocycles. The van der Waals surface area contributed by atoms with Crippen molar-refractivity contribution in [1.82, 2.24) is 19.8 Å². The highest BCUT2D eigenvalue weighted by Crippen LogP contribution is 2.46. The first-order valence-electron chi connectivity index (χ1n) is 20.4. The molecule has 4 aromatic rings. The molecule has 4 fully saturated rings. The zero-order valence-corrected chi connectivity index (χ0v) is 35.7. The molecule has 60 heavy (non-hydrogen) atoms. The second kappa shape index (κ2) is 18.0. The van der Waals surface area contributed by atoms with E-state index in [4.69, 9.17) is 0 Å². The van der Waals surface area contributed by atoms with Crippen LogP contribution in [0.2, 0.25) is 0 Å². The maximum Gasteiger partial charge on any atom is 0.229 e. The Morgan fingerprint density at radius 2 is 1.10 bits per heavy atom. The van der Waals surface area contributed by atoms with Crippen molar-refractivity contribution in [2.45, 2.75) is 55.8 Å². The number of Topliss-reactive ketones (excluding diaryl/α,β-unsaturated/α-hetero) is 1. The van der Waals surface area contributed by atoms with Crippen LogP contribution in [0.15, 0.2) is 97.3 Å². The molecule has 4 heterocycles. The van der Waals surface area contributed by atoms with Crippen molar-refractivity contribution in [3.63, 3.8) is 0 Å². The summed E-state index contributed by atoms with van der Waals surface area (Å²) in [6, 6.07) is 26.6. The van der Waals surface area contributed by atoms with Crippen LogP contribution in [0.1, 0.15) is 59.1 Å². The number of sulfonamides is 2. The lowest BCUT2D eigenvalue weighted by atomic mass is 9.91. The Hall–Kier alpha value is -4.29. The number of fused-ring (bicyclic) bond motifs is 2. The molecule has 5 N–H and O–H groups in total. The van der Waals surface area contributed by atoms with Gasteiger partial charge in [0.2, 0.25) is 20.0 Å². The number of β-amino-alcohol motifs (C(OH)–C–C–N with tert-alkyl or cyclic N) is 1. The average molecular weight is 861 g/mol. The number of hydrogen-bond acceptors (Lipinski definition) is 12. The first-order valence-corrected chi connectivity index (χ1v) is 24.2. The van der Waals surface area contributed by atoms with Gasteiger partial charge >= 0.3 is 0 Å². The van der Waals surface area contributed by atoms with Gasteiger partial charge in [-0.25, -0.2) is 16.8 Å². The number of nitrogens with one attached hydrogen (secondary N) is 2. The summed E-state index contributed by atoms with van der Waals surface area (Å²) in [5.41, 5.74) is 2.60. The SMILES string of the molecule is CS(=O)(=O)Nc1ccc(C(=O)CN2C[C@@H]3C[C@@](O)(Cc4ccccc4)C[C@@H]3C2)nc1.CS(=O)(=O)Nc1ccc(C(O)CN2C[C@@H]3C[C@@](O)(Cc4ccccc4)C[C@@H]3C2)nc1. The molecule has 0 amide bonds. The van der Waals surface area contributed by atoms with E-state index in [0.717, 1.165) is 69.9 Å². The topological polar surface area (TPSA) is 202 Å². The van der Waals surface area contributed by atoms with Crippen LogP contribution in [0.3, 0.4) is 0 Å². The van der Waals surface area contributed by atoms with Crippen molar-refractivity contribution in [2.75, 3.05) is 61.2 Å². The lowest BCUT2D eigenvalue weighted by molar-refractivity contribution is 0.0325. The third kappa shape index (κ3) is 12.0. The molecule has 1 unspecified atom stereocenters. The number of rotatable bonds is 14. The summed E-state index contributed by atoms with van der Waals surface area (Å²) in [5, 5.41) is 32.7. The summed E-state index contributed by atoms with van der Waals surface area (Å²) >= 11 is 0. The van der Waals surface area contributed by atoms with E-state index < -0.39 is 37.4 Å². The number of likely N-dealkylation sites (tertiary alicyclic amines) is 2. The number of anilines is 2. The van der Waals surface area contributed by atoms with Crippen LogP contribution in [-0.4, -0.2) is 121 Å². The summed E-state index contributed by atoms with van der Waals surface area (Å²) in [4.78, 5) is 25.3. The molecule has 0 bridgehead atoms. The molecule has 14 nitrogen and oxygen atoms in total. The third-order valence-electron chi connectivity index (χ3n) is 12.2. The van der Waals surface area contributed by atoms with Crippen LogP contribution in [0.25, 0.3) is 0 Å². The molecule has 2 aliphatic carbocycles. The minimum absolute atomic E-state index is 0.0829. The number of aromatic nitrogens is 2. The first-order chi connectivity index (χ1) is 28.4. The van der Waals surface area contributed by atoms with Crippen molar-refractivity contribution in [3.05, 3.63) is 120 Å². The molecule has 8 rings (SSSR count). The smallest absolute Gasteiger partial charge is 0.229 e. The standard InChI is InChI=1S/C22H29N3O4S.C22H27N3O4S/c2*1-30(28,29)24-19-7-8-20(23-12-19)21(26)15-25-13-17-10-22(27,11-18(17)14-25)9-16-5-3-2-4-6-16/h2-8,12,17-18,21,24,26-27H,9-11,13-15H2,1H3;2-8,12,17-18,24,27H,9-11,13-15H2,1H3/t17-,18+,21?,22-;17-,18+,22-.